The number of anilines is 1. The number of benzene rings is 1. The highest BCUT2D eigenvalue weighted by Gasteiger charge is 2.38. The third-order valence-corrected chi connectivity index (χ3v) is 3.05. The van der Waals surface area contributed by atoms with Gasteiger partial charge >= 0.3 is 12.1 Å². The maximum atomic E-state index is 12.0. The van der Waals surface area contributed by atoms with Crippen molar-refractivity contribution in [2.45, 2.75) is 6.18 Å². The molecule has 1 aromatic carbocycles. The van der Waals surface area contributed by atoms with Crippen LogP contribution in [0.2, 0.25) is 0 Å². The molecule has 2 nitrogen and oxygen atoms in total. The summed E-state index contributed by atoms with van der Waals surface area (Å²) >= 11 is 3.81. The predicted molar refractivity (Wildman–Crippen MR) is 66.6 cm³/mol. The van der Waals surface area contributed by atoms with Crippen LogP contribution < -0.4 is 5.32 Å². The monoisotopic (exact) mass is 441 g/mol. The minimum atomic E-state index is -4.86. The molecule has 0 radical (unpaired) electrons. The quantitative estimate of drug-likeness (QED) is 0.666. The van der Waals surface area contributed by atoms with Gasteiger partial charge in [-0.2, -0.15) is 13.2 Å². The molecule has 7 heteroatoms. The van der Waals surface area contributed by atoms with E-state index in [9.17, 15) is 18.0 Å². The maximum absolute atomic E-state index is 12.0. The molecule has 15 heavy (non-hydrogen) atoms. The zero-order valence-corrected chi connectivity index (χ0v) is 11.3. The smallest absolute Gasteiger partial charge is 0.317 e. The summed E-state index contributed by atoms with van der Waals surface area (Å²) in [5.41, 5.74) is 0.171. The van der Waals surface area contributed by atoms with Crippen LogP contribution >= 0.6 is 45.2 Å². The Morgan fingerprint density at radius 1 is 1.27 bits per heavy atom. The van der Waals surface area contributed by atoms with Gasteiger partial charge in [0.25, 0.3) is 0 Å². The van der Waals surface area contributed by atoms with Crippen molar-refractivity contribution < 1.29 is 18.0 Å². The number of carbonyl (C=O) groups is 1. The Labute approximate surface area is 111 Å². The fraction of sp³-hybridized carbons (Fsp3) is 0.125. The van der Waals surface area contributed by atoms with Gasteiger partial charge in [-0.15, -0.1) is 0 Å². The second-order valence-electron chi connectivity index (χ2n) is 2.58. The highest BCUT2D eigenvalue weighted by molar-refractivity contribution is 14.1. The highest BCUT2D eigenvalue weighted by atomic mass is 127. The Kier molecular flexibility index (Phi) is 4.20. The molecular formula is C8H4F3I2NO. The first-order valence-electron chi connectivity index (χ1n) is 3.64. The van der Waals surface area contributed by atoms with Crippen LogP contribution in [0.4, 0.5) is 18.9 Å². The summed E-state index contributed by atoms with van der Waals surface area (Å²) in [6, 6.07) is 4.85. The van der Waals surface area contributed by atoms with Crippen molar-refractivity contribution in [1.29, 1.82) is 0 Å². The molecule has 0 atom stereocenters. The summed E-state index contributed by atoms with van der Waals surface area (Å²) in [5.74, 6) is -1.96. The van der Waals surface area contributed by atoms with Crippen LogP contribution in [0.25, 0.3) is 0 Å². The molecule has 0 aliphatic carbocycles. The van der Waals surface area contributed by atoms with Gasteiger partial charge in [-0.05, 0) is 63.4 Å². The molecule has 1 N–H and O–H groups in total. The van der Waals surface area contributed by atoms with Crippen molar-refractivity contribution in [3.05, 3.63) is 25.3 Å². The molecule has 0 spiro atoms. The molecule has 1 aromatic rings. The van der Waals surface area contributed by atoms with Crippen molar-refractivity contribution in [2.75, 3.05) is 5.32 Å². The van der Waals surface area contributed by atoms with E-state index in [0.29, 0.717) is 3.57 Å². The van der Waals surface area contributed by atoms with Crippen molar-refractivity contribution in [3.8, 4) is 0 Å². The van der Waals surface area contributed by atoms with Gasteiger partial charge in [-0.3, -0.25) is 4.79 Å². The Bertz CT molecular complexity index is 392. The van der Waals surface area contributed by atoms with Crippen LogP contribution in [0.5, 0.6) is 0 Å². The number of nitrogens with one attached hydrogen (secondary N) is 1. The summed E-state index contributed by atoms with van der Waals surface area (Å²) in [7, 11) is 0. The van der Waals surface area contributed by atoms with E-state index in [0.717, 1.165) is 3.57 Å². The van der Waals surface area contributed by atoms with Gasteiger partial charge in [0.2, 0.25) is 0 Å². The molecule has 1 amide bonds. The van der Waals surface area contributed by atoms with E-state index < -0.39 is 12.1 Å². The Morgan fingerprint density at radius 3 is 2.40 bits per heavy atom. The van der Waals surface area contributed by atoms with Crippen molar-refractivity contribution in [1.82, 2.24) is 0 Å². The zero-order valence-electron chi connectivity index (χ0n) is 7.03. The van der Waals surface area contributed by atoms with E-state index in [1.165, 1.54) is 6.07 Å². The first-order valence-corrected chi connectivity index (χ1v) is 5.79. The third-order valence-electron chi connectivity index (χ3n) is 1.43. The first kappa shape index (κ1) is 13.0. The fourth-order valence-electron chi connectivity index (χ4n) is 0.786. The molecule has 1 rings (SSSR count). The van der Waals surface area contributed by atoms with E-state index in [-0.39, 0.29) is 5.69 Å². The number of amides is 1. The second kappa shape index (κ2) is 4.85. The van der Waals surface area contributed by atoms with E-state index in [2.05, 4.69) is 0 Å². The van der Waals surface area contributed by atoms with Crippen LogP contribution in [-0.2, 0) is 4.79 Å². The van der Waals surface area contributed by atoms with Crippen molar-refractivity contribution in [3.63, 3.8) is 0 Å². The Morgan fingerprint density at radius 2 is 1.87 bits per heavy atom. The lowest BCUT2D eigenvalue weighted by Gasteiger charge is -2.09. The third kappa shape index (κ3) is 3.78. The minimum Gasteiger partial charge on any atom is -0.317 e. The average molecular weight is 441 g/mol. The van der Waals surface area contributed by atoms with E-state index in [4.69, 9.17) is 0 Å². The normalized spacial score (nSPS) is 11.3. The number of hydrogen-bond donors (Lipinski definition) is 1. The molecule has 0 saturated heterocycles. The molecule has 0 heterocycles. The SMILES string of the molecule is O=C(Nc1cc(I)ccc1I)C(F)(F)F. The summed E-state index contributed by atoms with van der Waals surface area (Å²) in [5, 5.41) is 1.81. The topological polar surface area (TPSA) is 29.1 Å². The zero-order chi connectivity index (χ0) is 11.6. The van der Waals surface area contributed by atoms with Gasteiger partial charge in [-0.1, -0.05) is 0 Å². The summed E-state index contributed by atoms with van der Waals surface area (Å²) in [4.78, 5) is 10.7. The van der Waals surface area contributed by atoms with Crippen LogP contribution in [0.15, 0.2) is 18.2 Å². The molecule has 0 fully saturated rings. The largest absolute Gasteiger partial charge is 0.471 e. The predicted octanol–water partition coefficient (Wildman–Crippen LogP) is 3.40. The van der Waals surface area contributed by atoms with Crippen LogP contribution in [-0.4, -0.2) is 12.1 Å². The van der Waals surface area contributed by atoms with Gasteiger partial charge in [-0.25, -0.2) is 0 Å². The molecule has 0 bridgehead atoms. The minimum absolute atomic E-state index is 0.171. The van der Waals surface area contributed by atoms with E-state index in [1.807, 2.05) is 50.5 Å². The first-order chi connectivity index (χ1) is 6.80. The van der Waals surface area contributed by atoms with Crippen molar-refractivity contribution >= 4 is 56.8 Å². The Balaban J connectivity index is 2.90. The molecular weight excluding hydrogens is 437 g/mol. The molecule has 0 aliphatic heterocycles. The highest BCUT2D eigenvalue weighted by Crippen LogP contribution is 2.23. The van der Waals surface area contributed by atoms with Gasteiger partial charge in [0.1, 0.15) is 0 Å². The van der Waals surface area contributed by atoms with Gasteiger partial charge in [0.15, 0.2) is 0 Å². The van der Waals surface area contributed by atoms with Crippen LogP contribution in [0.1, 0.15) is 0 Å². The van der Waals surface area contributed by atoms with E-state index >= 15 is 0 Å². The lowest BCUT2D eigenvalue weighted by Crippen LogP contribution is -2.30. The van der Waals surface area contributed by atoms with Crippen LogP contribution in [0.3, 0.4) is 0 Å². The molecule has 0 unspecified atom stereocenters. The lowest BCUT2D eigenvalue weighted by atomic mass is 10.3. The van der Waals surface area contributed by atoms with Gasteiger partial charge in [0, 0.05) is 7.14 Å². The van der Waals surface area contributed by atoms with Gasteiger partial charge < -0.3 is 5.32 Å². The Hall–Kier alpha value is -0.0600. The number of alkyl halides is 3. The summed E-state index contributed by atoms with van der Waals surface area (Å²) < 4.78 is 37.2. The van der Waals surface area contributed by atoms with Gasteiger partial charge in [0.05, 0.1) is 5.69 Å². The molecule has 0 saturated carbocycles. The number of rotatable bonds is 1. The number of carbonyl (C=O) groups excluding carboxylic acids is 1. The number of hydrogen-bond acceptors (Lipinski definition) is 1. The average Bonchev–Trinajstić information content (AvgIpc) is 2.09. The fourth-order valence-corrected chi connectivity index (χ4v) is 1.75. The molecule has 0 aliphatic rings. The molecule has 0 aromatic heterocycles. The molecule has 82 valence electrons. The van der Waals surface area contributed by atoms with Crippen LogP contribution in [0, 0.1) is 7.14 Å². The maximum Gasteiger partial charge on any atom is 0.471 e. The summed E-state index contributed by atoms with van der Waals surface area (Å²) in [6.07, 6.45) is -4.86. The lowest BCUT2D eigenvalue weighted by molar-refractivity contribution is -0.167. The van der Waals surface area contributed by atoms with E-state index in [1.54, 1.807) is 12.1 Å². The standard InChI is InChI=1S/C8H4F3I2NO/c9-8(10,11)7(15)14-6-3-4(12)1-2-5(6)13/h1-3H,(H,14,15). The number of halogens is 5. The second-order valence-corrected chi connectivity index (χ2v) is 4.98. The van der Waals surface area contributed by atoms with Crippen molar-refractivity contribution in [2.24, 2.45) is 0 Å². The summed E-state index contributed by atoms with van der Waals surface area (Å²) in [6.45, 7) is 0.